The quantitative estimate of drug-likeness (QED) is 0.309. The third-order valence-corrected chi connectivity index (χ3v) is 10.4. The van der Waals surface area contributed by atoms with Crippen molar-refractivity contribution in [2.75, 3.05) is 0 Å². The van der Waals surface area contributed by atoms with Gasteiger partial charge in [-0.1, -0.05) is 114 Å². The van der Waals surface area contributed by atoms with Crippen molar-refractivity contribution in [3.63, 3.8) is 0 Å². The molecule has 0 aliphatic carbocycles. The first-order chi connectivity index (χ1) is 13.1. The monoisotopic (exact) mass is 416 g/mol. The summed E-state index contributed by atoms with van der Waals surface area (Å²) in [4.78, 5) is 1.55. The molecule has 2 aromatic carbocycles. The van der Waals surface area contributed by atoms with Crippen LogP contribution in [0.5, 0.6) is 0 Å². The molecule has 0 radical (unpaired) electrons. The predicted molar refractivity (Wildman–Crippen MR) is 133 cm³/mol. The van der Waals surface area contributed by atoms with Crippen LogP contribution in [0.25, 0.3) is 22.0 Å². The molecule has 0 nitrogen and oxygen atoms in total. The van der Waals surface area contributed by atoms with E-state index in [4.69, 9.17) is 0 Å². The highest BCUT2D eigenvalue weighted by molar-refractivity contribution is 7.44. The minimum Gasteiger partial charge on any atom is -0.127 e. The fourth-order valence-corrected chi connectivity index (χ4v) is 7.22. The molecule has 0 N–H and O–H groups in total. The molecule has 142 valence electrons. The Labute approximate surface area is 174 Å². The first-order valence-corrected chi connectivity index (χ1v) is 17.7. The molecule has 0 aliphatic heterocycles. The summed E-state index contributed by atoms with van der Waals surface area (Å²) in [7, 11) is -1.68. The molecular weight excluding hydrogens is 387 g/mol. The topological polar surface area (TPSA) is 0 Å². The van der Waals surface area contributed by atoms with Gasteiger partial charge in [-0.15, -0.1) is 5.54 Å². The molecule has 0 bridgehead atoms. The highest BCUT2D eigenvalue weighted by atomic mass is 31.0. The lowest BCUT2D eigenvalue weighted by molar-refractivity contribution is 1.62. The number of hydrogen-bond donors (Lipinski definition) is 0. The van der Waals surface area contributed by atoms with E-state index in [1.165, 1.54) is 35.7 Å². The van der Waals surface area contributed by atoms with Crippen molar-refractivity contribution in [2.45, 2.75) is 39.3 Å². The minimum absolute atomic E-state index is 1.27. The second-order valence-electron chi connectivity index (χ2n) is 9.26. The van der Waals surface area contributed by atoms with E-state index in [9.17, 15) is 0 Å². The van der Waals surface area contributed by atoms with Crippen molar-refractivity contribution in [2.24, 2.45) is 0 Å². The van der Waals surface area contributed by atoms with Gasteiger partial charge >= 0.3 is 0 Å². The van der Waals surface area contributed by atoms with Crippen molar-refractivity contribution in [3.05, 3.63) is 72.3 Å². The molecule has 3 heteroatoms. The van der Waals surface area contributed by atoms with Gasteiger partial charge in [-0.3, -0.25) is 0 Å². The standard InChI is InChI=1S/C25H29PSi2/c1-27(2,3)18-17-22-23(20-13-9-7-10-14-20)19-24(21-15-11-8-12-16-21)26-25(22)28(4,5)6/h7-16,19H,1-6H3. The maximum Gasteiger partial charge on any atom is 0.129 e. The largest absolute Gasteiger partial charge is 0.129 e. The van der Waals surface area contributed by atoms with Crippen LogP contribution in [-0.4, -0.2) is 16.1 Å². The van der Waals surface area contributed by atoms with Gasteiger partial charge in [-0.2, -0.15) is 0 Å². The predicted octanol–water partition coefficient (Wildman–Crippen LogP) is 7.37. The fraction of sp³-hybridized carbons (Fsp3) is 0.240. The van der Waals surface area contributed by atoms with Gasteiger partial charge in [0.2, 0.25) is 0 Å². The lowest BCUT2D eigenvalue weighted by Gasteiger charge is -2.22. The van der Waals surface area contributed by atoms with Crippen molar-refractivity contribution >= 4 is 29.3 Å². The normalized spacial score (nSPS) is 11.9. The third-order valence-electron chi connectivity index (χ3n) is 4.45. The Hall–Kier alpha value is -1.92. The Morgan fingerprint density at radius 3 is 1.75 bits per heavy atom. The van der Waals surface area contributed by atoms with Crippen molar-refractivity contribution in [1.29, 1.82) is 0 Å². The van der Waals surface area contributed by atoms with Gasteiger partial charge in [0, 0.05) is 10.9 Å². The van der Waals surface area contributed by atoms with Crippen LogP contribution in [0.1, 0.15) is 5.56 Å². The maximum absolute atomic E-state index is 3.68. The van der Waals surface area contributed by atoms with E-state index in [-0.39, 0.29) is 0 Å². The molecule has 0 aliphatic rings. The minimum atomic E-state index is -1.55. The smallest absolute Gasteiger partial charge is 0.127 e. The molecule has 0 atom stereocenters. The second kappa shape index (κ2) is 8.22. The van der Waals surface area contributed by atoms with Gasteiger partial charge in [0.1, 0.15) is 8.07 Å². The first-order valence-electron chi connectivity index (χ1n) is 9.85. The molecule has 0 fully saturated rings. The van der Waals surface area contributed by atoms with E-state index in [1.807, 2.05) is 0 Å². The van der Waals surface area contributed by atoms with Crippen LogP contribution in [0.15, 0.2) is 66.7 Å². The van der Waals surface area contributed by atoms with E-state index in [0.717, 1.165) is 0 Å². The van der Waals surface area contributed by atoms with Gasteiger partial charge < -0.3 is 0 Å². The molecule has 1 heterocycles. The Bertz CT molecular complexity index is 1020. The second-order valence-corrected chi connectivity index (χ2v) is 20.6. The average molecular weight is 417 g/mol. The molecule has 0 unspecified atom stereocenters. The van der Waals surface area contributed by atoms with Crippen LogP contribution in [0.4, 0.5) is 0 Å². The van der Waals surface area contributed by atoms with Gasteiger partial charge in [0.15, 0.2) is 0 Å². The zero-order chi connectivity index (χ0) is 20.4. The lowest BCUT2D eigenvalue weighted by atomic mass is 10.0. The summed E-state index contributed by atoms with van der Waals surface area (Å²) in [6, 6.07) is 24.0. The van der Waals surface area contributed by atoms with Gasteiger partial charge in [-0.25, -0.2) is 0 Å². The highest BCUT2D eigenvalue weighted by Gasteiger charge is 2.24. The van der Waals surface area contributed by atoms with E-state index in [2.05, 4.69) is 117 Å². The fourth-order valence-electron chi connectivity index (χ4n) is 3.07. The summed E-state index contributed by atoms with van der Waals surface area (Å²) in [6.07, 6.45) is 0. The van der Waals surface area contributed by atoms with Crippen molar-refractivity contribution in [3.8, 4) is 33.4 Å². The molecule has 1 aromatic heterocycles. The summed E-state index contributed by atoms with van der Waals surface area (Å²) in [5.41, 5.74) is 8.80. The molecular formula is C25H29PSi2. The van der Waals surface area contributed by atoms with Crippen LogP contribution in [0.3, 0.4) is 0 Å². The van der Waals surface area contributed by atoms with Crippen LogP contribution in [0.2, 0.25) is 39.3 Å². The molecule has 0 saturated carbocycles. The zero-order valence-corrected chi connectivity index (χ0v) is 20.7. The molecule has 0 spiro atoms. The number of hydrogen-bond acceptors (Lipinski definition) is 0. The van der Waals surface area contributed by atoms with E-state index in [0.29, 0.717) is 0 Å². The third kappa shape index (κ3) is 5.12. The number of benzene rings is 2. The summed E-state index contributed by atoms with van der Waals surface area (Å²) in [5.74, 6) is 3.68. The molecule has 0 saturated heterocycles. The van der Waals surface area contributed by atoms with Crippen LogP contribution in [-0.2, 0) is 0 Å². The van der Waals surface area contributed by atoms with Gasteiger partial charge in [-0.05, 0) is 27.7 Å². The number of rotatable bonds is 3. The van der Waals surface area contributed by atoms with Crippen molar-refractivity contribution < 1.29 is 0 Å². The Balaban J connectivity index is 2.37. The summed E-state index contributed by atoms with van der Waals surface area (Å²) >= 11 is 0. The van der Waals surface area contributed by atoms with Gasteiger partial charge in [0.25, 0.3) is 0 Å². The summed E-state index contributed by atoms with van der Waals surface area (Å²) in [6.45, 7) is 14.3. The summed E-state index contributed by atoms with van der Waals surface area (Å²) < 4.78 is 0. The molecule has 3 aromatic rings. The molecule has 0 amide bonds. The maximum atomic E-state index is 3.68. The van der Waals surface area contributed by atoms with Crippen LogP contribution >= 0.6 is 8.19 Å². The van der Waals surface area contributed by atoms with E-state index < -0.39 is 16.1 Å². The van der Waals surface area contributed by atoms with E-state index >= 15 is 0 Å². The lowest BCUT2D eigenvalue weighted by Crippen LogP contribution is -2.38. The Morgan fingerprint density at radius 1 is 0.714 bits per heavy atom. The molecule has 3 rings (SSSR count). The Morgan fingerprint density at radius 2 is 1.25 bits per heavy atom. The SMILES string of the molecule is C[Si](C)(C)C#Cc1c(-c2ccccc2)cc(-c2ccccc2)pc1[Si](C)(C)C. The summed E-state index contributed by atoms with van der Waals surface area (Å²) in [5, 5.41) is 1.38. The first kappa shape index (κ1) is 20.8. The van der Waals surface area contributed by atoms with Gasteiger partial charge in [0.05, 0.1) is 8.07 Å². The van der Waals surface area contributed by atoms with Crippen LogP contribution < -0.4 is 4.92 Å². The van der Waals surface area contributed by atoms with Crippen LogP contribution in [0, 0.1) is 11.5 Å². The van der Waals surface area contributed by atoms with E-state index in [1.54, 1.807) is 4.92 Å². The molecule has 28 heavy (non-hydrogen) atoms. The Kier molecular flexibility index (Phi) is 6.11. The highest BCUT2D eigenvalue weighted by Crippen LogP contribution is 2.35. The average Bonchev–Trinajstić information content (AvgIpc) is 2.66. The van der Waals surface area contributed by atoms with Crippen molar-refractivity contribution in [1.82, 2.24) is 0 Å². The zero-order valence-electron chi connectivity index (χ0n) is 17.8.